The highest BCUT2D eigenvalue weighted by Crippen LogP contribution is 2.32. The van der Waals surface area contributed by atoms with E-state index in [-0.39, 0.29) is 25.7 Å². The topological polar surface area (TPSA) is 79.4 Å². The second-order valence-corrected chi connectivity index (χ2v) is 10.2. The molecule has 1 amide bonds. The van der Waals surface area contributed by atoms with Gasteiger partial charge in [-0.1, -0.05) is 6.07 Å². The number of piperazine rings is 1. The molecule has 2 aliphatic rings. The lowest BCUT2D eigenvalue weighted by Gasteiger charge is -2.35. The number of nitrogens with zero attached hydrogens (tertiary/aromatic N) is 3. The van der Waals surface area contributed by atoms with Gasteiger partial charge in [-0.15, -0.1) is 0 Å². The van der Waals surface area contributed by atoms with Crippen LogP contribution in [-0.4, -0.2) is 69.9 Å². The highest BCUT2D eigenvalue weighted by molar-refractivity contribution is 7.92. The van der Waals surface area contributed by atoms with Gasteiger partial charge in [-0.2, -0.15) is 0 Å². The Kier molecular flexibility index (Phi) is 7.04. The van der Waals surface area contributed by atoms with Crippen molar-refractivity contribution in [2.45, 2.75) is 19.4 Å². The maximum absolute atomic E-state index is 13.2. The molecule has 0 aliphatic carbocycles. The van der Waals surface area contributed by atoms with Gasteiger partial charge in [0.2, 0.25) is 22.7 Å². The molecule has 0 radical (unpaired) electrons. The van der Waals surface area contributed by atoms with Gasteiger partial charge >= 0.3 is 0 Å². The summed E-state index contributed by atoms with van der Waals surface area (Å²) in [5, 5.41) is 0. The van der Waals surface area contributed by atoms with Gasteiger partial charge in [0.05, 0.1) is 11.9 Å². The van der Waals surface area contributed by atoms with Crippen molar-refractivity contribution in [2.24, 2.45) is 0 Å². The van der Waals surface area contributed by atoms with Crippen molar-refractivity contribution in [3.63, 3.8) is 0 Å². The number of anilines is 1. The Hall–Kier alpha value is -2.85. The van der Waals surface area contributed by atoms with Crippen molar-refractivity contribution in [3.8, 4) is 11.5 Å². The first-order valence-corrected chi connectivity index (χ1v) is 12.8. The van der Waals surface area contributed by atoms with E-state index in [0.717, 1.165) is 43.0 Å². The molecule has 178 valence electrons. The predicted molar refractivity (Wildman–Crippen MR) is 122 cm³/mol. The van der Waals surface area contributed by atoms with Crippen LogP contribution in [0.4, 0.5) is 10.1 Å². The number of carbonyl (C=O) groups excluding carboxylic acids is 1. The molecule has 10 heteroatoms. The minimum absolute atomic E-state index is 0.0188. The van der Waals surface area contributed by atoms with E-state index in [9.17, 15) is 17.6 Å². The summed E-state index contributed by atoms with van der Waals surface area (Å²) in [6, 6.07) is 11.2. The average molecular weight is 478 g/mol. The van der Waals surface area contributed by atoms with Crippen LogP contribution in [0.15, 0.2) is 42.5 Å². The number of fused-ring (bicyclic) bond motifs is 1. The number of carbonyl (C=O) groups is 1. The monoisotopic (exact) mass is 477 g/mol. The Morgan fingerprint density at radius 3 is 2.42 bits per heavy atom. The van der Waals surface area contributed by atoms with Crippen LogP contribution < -0.4 is 13.8 Å². The van der Waals surface area contributed by atoms with Gasteiger partial charge in [-0.05, 0) is 48.4 Å². The fourth-order valence-corrected chi connectivity index (χ4v) is 5.04. The molecule has 0 atom stereocenters. The summed E-state index contributed by atoms with van der Waals surface area (Å²) in [5.74, 6) is 1.12. The Bertz CT molecular complexity index is 1090. The number of benzene rings is 2. The largest absolute Gasteiger partial charge is 0.454 e. The molecule has 0 aromatic heterocycles. The van der Waals surface area contributed by atoms with E-state index >= 15 is 0 Å². The first-order chi connectivity index (χ1) is 15.8. The van der Waals surface area contributed by atoms with E-state index in [1.807, 2.05) is 23.1 Å². The first kappa shape index (κ1) is 23.3. The van der Waals surface area contributed by atoms with E-state index in [2.05, 4.69) is 4.90 Å². The first-order valence-electron chi connectivity index (χ1n) is 10.9. The number of halogens is 1. The molecule has 0 saturated carbocycles. The summed E-state index contributed by atoms with van der Waals surface area (Å²) in [6.45, 7) is 4.01. The quantitative estimate of drug-likeness (QED) is 0.581. The fraction of sp³-hybridized carbons (Fsp3) is 0.435. The molecular weight excluding hydrogens is 449 g/mol. The van der Waals surface area contributed by atoms with Crippen LogP contribution >= 0.6 is 0 Å². The van der Waals surface area contributed by atoms with Crippen molar-refractivity contribution < 1.29 is 27.1 Å². The van der Waals surface area contributed by atoms with Crippen LogP contribution in [0.5, 0.6) is 11.5 Å². The molecule has 0 N–H and O–H groups in total. The zero-order chi connectivity index (χ0) is 23.4. The maximum atomic E-state index is 13.2. The van der Waals surface area contributed by atoms with Crippen molar-refractivity contribution in [1.29, 1.82) is 0 Å². The molecule has 0 spiro atoms. The van der Waals surface area contributed by atoms with Crippen LogP contribution in [-0.2, 0) is 21.4 Å². The standard InChI is InChI=1S/C23H28FN3O5S/c1-33(29,30)27(20-7-5-19(24)6-8-20)10-2-3-23(28)26-13-11-25(12-14-26)16-18-4-9-21-22(15-18)32-17-31-21/h4-9,15H,2-3,10-14,16-17H2,1H3. The van der Waals surface area contributed by atoms with E-state index in [0.29, 0.717) is 25.2 Å². The van der Waals surface area contributed by atoms with Crippen LogP contribution in [0.3, 0.4) is 0 Å². The number of rotatable bonds is 8. The fourth-order valence-electron chi connectivity index (χ4n) is 4.08. The molecule has 0 unspecified atom stereocenters. The minimum atomic E-state index is -3.53. The molecule has 2 heterocycles. The Balaban J connectivity index is 1.23. The Morgan fingerprint density at radius 1 is 1.03 bits per heavy atom. The van der Waals surface area contributed by atoms with Gasteiger partial charge in [0.15, 0.2) is 11.5 Å². The Morgan fingerprint density at radius 2 is 1.73 bits per heavy atom. The van der Waals surface area contributed by atoms with Gasteiger partial charge in [0.1, 0.15) is 5.82 Å². The summed E-state index contributed by atoms with van der Waals surface area (Å²) >= 11 is 0. The second-order valence-electron chi connectivity index (χ2n) is 8.26. The zero-order valence-corrected chi connectivity index (χ0v) is 19.4. The number of sulfonamides is 1. The SMILES string of the molecule is CS(=O)(=O)N(CCCC(=O)N1CCN(Cc2ccc3c(c2)OCO3)CC1)c1ccc(F)cc1. The molecule has 33 heavy (non-hydrogen) atoms. The van der Waals surface area contributed by atoms with Gasteiger partial charge in [0.25, 0.3) is 0 Å². The summed E-state index contributed by atoms with van der Waals surface area (Å²) < 4.78 is 49.5. The van der Waals surface area contributed by atoms with Gasteiger partial charge < -0.3 is 14.4 Å². The Labute approximate surface area is 193 Å². The molecular formula is C23H28FN3O5S. The van der Waals surface area contributed by atoms with Crippen LogP contribution in [0.25, 0.3) is 0 Å². The van der Waals surface area contributed by atoms with Crippen LogP contribution in [0, 0.1) is 5.82 Å². The minimum Gasteiger partial charge on any atom is -0.454 e. The third kappa shape index (κ3) is 5.94. The van der Waals surface area contributed by atoms with Gasteiger partial charge in [-0.3, -0.25) is 14.0 Å². The summed E-state index contributed by atoms with van der Waals surface area (Å²) in [7, 11) is -3.53. The molecule has 0 bridgehead atoms. The van der Waals surface area contributed by atoms with E-state index in [1.165, 1.54) is 28.6 Å². The van der Waals surface area contributed by atoms with Crippen LogP contribution in [0.1, 0.15) is 18.4 Å². The van der Waals surface area contributed by atoms with Crippen molar-refractivity contribution in [3.05, 3.63) is 53.8 Å². The summed E-state index contributed by atoms with van der Waals surface area (Å²) in [6.07, 6.45) is 1.76. The number of ether oxygens (including phenoxy) is 2. The normalized spacial score (nSPS) is 16.1. The molecule has 2 aromatic rings. The van der Waals surface area contributed by atoms with Crippen molar-refractivity contribution >= 4 is 21.6 Å². The highest BCUT2D eigenvalue weighted by Gasteiger charge is 2.23. The number of amides is 1. The van der Waals surface area contributed by atoms with Gasteiger partial charge in [-0.25, -0.2) is 12.8 Å². The van der Waals surface area contributed by atoms with Crippen molar-refractivity contribution in [2.75, 3.05) is 50.1 Å². The van der Waals surface area contributed by atoms with E-state index in [4.69, 9.17) is 9.47 Å². The lowest BCUT2D eigenvalue weighted by Crippen LogP contribution is -2.48. The number of hydrogen-bond donors (Lipinski definition) is 0. The average Bonchev–Trinajstić information content (AvgIpc) is 3.25. The molecule has 2 aliphatic heterocycles. The van der Waals surface area contributed by atoms with E-state index in [1.54, 1.807) is 0 Å². The highest BCUT2D eigenvalue weighted by atomic mass is 32.2. The summed E-state index contributed by atoms with van der Waals surface area (Å²) in [4.78, 5) is 16.8. The van der Waals surface area contributed by atoms with Crippen LogP contribution in [0.2, 0.25) is 0 Å². The molecule has 4 rings (SSSR count). The van der Waals surface area contributed by atoms with Gasteiger partial charge in [0, 0.05) is 45.7 Å². The molecule has 1 saturated heterocycles. The third-order valence-electron chi connectivity index (χ3n) is 5.83. The maximum Gasteiger partial charge on any atom is 0.232 e. The lowest BCUT2D eigenvalue weighted by atomic mass is 10.1. The lowest BCUT2D eigenvalue weighted by molar-refractivity contribution is -0.133. The zero-order valence-electron chi connectivity index (χ0n) is 18.6. The number of hydrogen-bond acceptors (Lipinski definition) is 6. The molecule has 8 nitrogen and oxygen atoms in total. The van der Waals surface area contributed by atoms with E-state index < -0.39 is 15.8 Å². The second kappa shape index (κ2) is 9.96. The summed E-state index contributed by atoms with van der Waals surface area (Å²) in [5.41, 5.74) is 1.53. The predicted octanol–water partition coefficient (Wildman–Crippen LogP) is 2.45. The van der Waals surface area contributed by atoms with Crippen molar-refractivity contribution in [1.82, 2.24) is 9.80 Å². The molecule has 1 fully saturated rings. The third-order valence-corrected chi connectivity index (χ3v) is 7.03. The molecule has 2 aromatic carbocycles. The smallest absolute Gasteiger partial charge is 0.232 e.